The number of hydrogen-bond acceptors (Lipinski definition) is 8. The van der Waals surface area contributed by atoms with Crippen LogP contribution in [0, 0.1) is 12.8 Å². The summed E-state index contributed by atoms with van der Waals surface area (Å²) in [5.41, 5.74) is -0.588. The average molecular weight is 535 g/mol. The molecule has 2 aromatic carbocycles. The Morgan fingerprint density at radius 2 is 1.65 bits per heavy atom. The molecule has 0 bridgehead atoms. The number of phenols is 4. The number of carbonyl (C=O) groups is 2. The van der Waals surface area contributed by atoms with Gasteiger partial charge in [0.25, 0.3) is 0 Å². The van der Waals surface area contributed by atoms with Crippen LogP contribution in [-0.2, 0) is 6.42 Å². The number of carbonyl (C=O) groups excluding carboxylic acids is 2. The third-order valence-electron chi connectivity index (χ3n) is 6.97. The van der Waals surface area contributed by atoms with Gasteiger partial charge < -0.3 is 29.9 Å². The molecule has 0 saturated carbocycles. The summed E-state index contributed by atoms with van der Waals surface area (Å²) in [4.78, 5) is 26.0. The molecule has 0 radical (unpaired) electrons. The van der Waals surface area contributed by atoms with Gasteiger partial charge in [-0.05, 0) is 42.6 Å². The van der Waals surface area contributed by atoms with Crippen LogP contribution in [0.5, 0.6) is 34.5 Å². The number of ether oxygens (including phenoxy) is 2. The van der Waals surface area contributed by atoms with Gasteiger partial charge in [-0.1, -0.05) is 13.8 Å². The second-order valence-corrected chi connectivity index (χ2v) is 9.95. The van der Waals surface area contributed by atoms with Crippen molar-refractivity contribution < 1.29 is 39.5 Å². The first-order valence-electron chi connectivity index (χ1n) is 11.2. The molecule has 2 unspecified atom stereocenters. The molecule has 0 spiro atoms. The van der Waals surface area contributed by atoms with Gasteiger partial charge in [0.15, 0.2) is 11.6 Å². The first kappa shape index (κ1) is 24.2. The Labute approximate surface area is 205 Å². The predicted molar refractivity (Wildman–Crippen MR) is 127 cm³/mol. The number of aromatic hydroxyl groups is 4. The van der Waals surface area contributed by atoms with Gasteiger partial charge in [0.2, 0.25) is 0 Å². The number of Topliss-reactive ketones (excluding diaryl/α,β-unsaturated/α-hetero) is 2. The zero-order valence-corrected chi connectivity index (χ0v) is 21.0. The second kappa shape index (κ2) is 8.37. The largest absolute Gasteiger partial charge is 0.507 e. The van der Waals surface area contributed by atoms with Crippen molar-refractivity contribution in [1.29, 1.82) is 0 Å². The number of ketones is 2. The molecule has 4 N–H and O–H groups in total. The van der Waals surface area contributed by atoms with Crippen molar-refractivity contribution in [2.75, 3.05) is 6.61 Å². The molecule has 182 valence electrons. The topological polar surface area (TPSA) is 134 Å². The number of halogens is 1. The minimum absolute atomic E-state index is 0.00927. The lowest BCUT2D eigenvalue weighted by Gasteiger charge is -2.36. The van der Waals surface area contributed by atoms with E-state index in [0.717, 1.165) is 0 Å². The highest BCUT2D eigenvalue weighted by atomic mass is 79.9. The number of hydrogen-bond donors (Lipinski definition) is 4. The smallest absolute Gasteiger partial charge is 0.176 e. The summed E-state index contributed by atoms with van der Waals surface area (Å²) in [5, 5.41) is 43.5. The van der Waals surface area contributed by atoms with E-state index in [0.29, 0.717) is 12.8 Å². The molecule has 2 atom stereocenters. The van der Waals surface area contributed by atoms with Gasteiger partial charge in [0.05, 0.1) is 18.9 Å². The van der Waals surface area contributed by atoms with Gasteiger partial charge in [-0.3, -0.25) is 9.59 Å². The van der Waals surface area contributed by atoms with E-state index in [1.165, 1.54) is 0 Å². The minimum atomic E-state index is -0.862. The number of phenolic OH excluding ortho intramolecular Hbond substituents is 4. The van der Waals surface area contributed by atoms with E-state index in [-0.39, 0.29) is 80.6 Å². The molecule has 0 amide bonds. The summed E-state index contributed by atoms with van der Waals surface area (Å²) in [7, 11) is 0. The fourth-order valence-corrected chi connectivity index (χ4v) is 5.01. The van der Waals surface area contributed by atoms with Crippen molar-refractivity contribution >= 4 is 27.5 Å². The van der Waals surface area contributed by atoms with E-state index in [4.69, 9.17) is 9.47 Å². The molecular weight excluding hydrogens is 508 g/mol. The monoisotopic (exact) mass is 534 g/mol. The van der Waals surface area contributed by atoms with Gasteiger partial charge in [-0.25, -0.2) is 0 Å². The fraction of sp³-hybridized carbons (Fsp3) is 0.440. The summed E-state index contributed by atoms with van der Waals surface area (Å²) < 4.78 is 11.7. The van der Waals surface area contributed by atoms with E-state index in [1.54, 1.807) is 13.8 Å². The molecule has 0 saturated heterocycles. The van der Waals surface area contributed by atoms with Crippen molar-refractivity contribution in [2.45, 2.75) is 59.0 Å². The number of fused-ring (bicyclic) bond motifs is 2. The molecule has 2 aromatic rings. The highest BCUT2D eigenvalue weighted by molar-refractivity contribution is 9.10. The Balaban J connectivity index is 1.95. The van der Waals surface area contributed by atoms with Gasteiger partial charge >= 0.3 is 0 Å². The maximum atomic E-state index is 13.0. The van der Waals surface area contributed by atoms with Crippen molar-refractivity contribution in [3.63, 3.8) is 0 Å². The number of rotatable bonds is 4. The summed E-state index contributed by atoms with van der Waals surface area (Å²) in [5.74, 6) is -2.51. The van der Waals surface area contributed by atoms with Crippen LogP contribution in [0.2, 0.25) is 0 Å². The molecule has 2 aliphatic rings. The average Bonchev–Trinajstić information content (AvgIpc) is 2.80. The summed E-state index contributed by atoms with van der Waals surface area (Å²) in [6, 6.07) is 0. The lowest BCUT2D eigenvalue weighted by Crippen LogP contribution is -2.39. The quantitative estimate of drug-likeness (QED) is 0.434. The summed E-state index contributed by atoms with van der Waals surface area (Å²) in [6.45, 7) is 7.20. The molecule has 2 aliphatic heterocycles. The molecule has 0 fully saturated rings. The van der Waals surface area contributed by atoms with E-state index < -0.39 is 28.8 Å². The Hall–Kier alpha value is -2.94. The van der Waals surface area contributed by atoms with E-state index >= 15 is 0 Å². The molecular formula is C25H27BrO8. The highest BCUT2D eigenvalue weighted by Crippen LogP contribution is 2.53. The fourth-order valence-electron chi connectivity index (χ4n) is 4.58. The Kier molecular flexibility index (Phi) is 5.96. The van der Waals surface area contributed by atoms with Crippen LogP contribution in [0.3, 0.4) is 0 Å². The first-order chi connectivity index (χ1) is 16.0. The molecule has 0 aliphatic carbocycles. The van der Waals surface area contributed by atoms with Crippen LogP contribution in [0.4, 0.5) is 0 Å². The zero-order valence-electron chi connectivity index (χ0n) is 19.4. The van der Waals surface area contributed by atoms with E-state index in [1.807, 2.05) is 13.8 Å². The van der Waals surface area contributed by atoms with Gasteiger partial charge in [-0.2, -0.15) is 0 Å². The third-order valence-corrected chi connectivity index (χ3v) is 7.72. The van der Waals surface area contributed by atoms with Crippen molar-refractivity contribution in [1.82, 2.24) is 0 Å². The van der Waals surface area contributed by atoms with Crippen LogP contribution in [-0.4, -0.2) is 44.2 Å². The highest BCUT2D eigenvalue weighted by Gasteiger charge is 2.41. The lowest BCUT2D eigenvalue weighted by molar-refractivity contribution is 0.0484. The maximum Gasteiger partial charge on any atom is 0.176 e. The minimum Gasteiger partial charge on any atom is -0.507 e. The molecule has 34 heavy (non-hydrogen) atoms. The van der Waals surface area contributed by atoms with Crippen molar-refractivity contribution in [2.24, 2.45) is 5.92 Å². The standard InChI is InChI=1S/C25H27BrO8/c1-5-11-9-33-23-10(3)18(28)12(20(30)16(23)19(11)29)7-13-21(31)17(26)22(32)15-14(27)8-25(4,6-2)34-24(13)15/h11,28,30-32H,5-9H2,1-4H3. The van der Waals surface area contributed by atoms with Crippen LogP contribution >= 0.6 is 15.9 Å². The van der Waals surface area contributed by atoms with Crippen LogP contribution < -0.4 is 9.47 Å². The second-order valence-electron chi connectivity index (χ2n) is 9.16. The van der Waals surface area contributed by atoms with Crippen LogP contribution in [0.1, 0.15) is 77.4 Å². The van der Waals surface area contributed by atoms with E-state index in [9.17, 15) is 30.0 Å². The normalized spacial score (nSPS) is 21.5. The maximum absolute atomic E-state index is 13.0. The summed E-state index contributed by atoms with van der Waals surface area (Å²) in [6.07, 6.45) is 0.793. The zero-order chi connectivity index (χ0) is 25.1. The van der Waals surface area contributed by atoms with Crippen molar-refractivity contribution in [3.8, 4) is 34.5 Å². The molecule has 4 rings (SSSR count). The van der Waals surface area contributed by atoms with Crippen molar-refractivity contribution in [3.05, 3.63) is 32.3 Å². The third kappa shape index (κ3) is 3.48. The Morgan fingerprint density at radius 1 is 0.971 bits per heavy atom. The molecule has 9 heteroatoms. The predicted octanol–water partition coefficient (Wildman–Crippen LogP) is 4.91. The van der Waals surface area contributed by atoms with Gasteiger partial charge in [0, 0.05) is 23.1 Å². The Bertz CT molecular complexity index is 1230. The Morgan fingerprint density at radius 3 is 2.26 bits per heavy atom. The molecule has 0 aromatic heterocycles. The van der Waals surface area contributed by atoms with Gasteiger partial charge in [0.1, 0.15) is 55.7 Å². The first-order valence-corrected chi connectivity index (χ1v) is 12.0. The summed E-state index contributed by atoms with van der Waals surface area (Å²) >= 11 is 3.13. The number of benzene rings is 2. The van der Waals surface area contributed by atoms with Gasteiger partial charge in [-0.15, -0.1) is 0 Å². The molecule has 8 nitrogen and oxygen atoms in total. The van der Waals surface area contributed by atoms with Crippen LogP contribution in [0.15, 0.2) is 4.47 Å². The lowest BCUT2D eigenvalue weighted by atomic mass is 9.85. The van der Waals surface area contributed by atoms with Crippen LogP contribution in [0.25, 0.3) is 0 Å². The molecule has 2 heterocycles. The van der Waals surface area contributed by atoms with E-state index in [2.05, 4.69) is 15.9 Å². The SMILES string of the molecule is CCC1COc2c(C)c(O)c(Cc3c(O)c(Br)c(O)c4c3OC(C)(CC)CC4=O)c(O)c2C1=O.